The van der Waals surface area contributed by atoms with Crippen LogP contribution in [-0.4, -0.2) is 43.8 Å². The molecule has 3 rings (SSSR count). The lowest BCUT2D eigenvalue weighted by Gasteiger charge is -2.32. The van der Waals surface area contributed by atoms with Gasteiger partial charge in [-0.1, -0.05) is 44.2 Å². The number of halogens is 1. The standard InChI is InChI=1S/C22H25N3O4.ClH/c1-15(2)13-18(19(26)27)25-20(28)22(3,17-9-11-23-12-10-17)24(21(25)29)14-16-7-5-4-6-8-16;/h4-12,15,18H,13-14H2,1-3H3,(H,26,27);1H/t18-,22-;/m1./s1. The van der Waals surface area contributed by atoms with E-state index in [0.29, 0.717) is 5.56 Å². The number of nitrogens with zero attached hydrogens (tertiary/aromatic N) is 3. The summed E-state index contributed by atoms with van der Waals surface area (Å²) in [5.74, 6) is -1.70. The van der Waals surface area contributed by atoms with E-state index in [0.717, 1.165) is 10.5 Å². The number of carboxylic acid groups (broad SMARTS) is 1. The number of urea groups is 1. The van der Waals surface area contributed by atoms with Crippen LogP contribution in [0.3, 0.4) is 0 Å². The minimum atomic E-state index is -1.32. The highest BCUT2D eigenvalue weighted by molar-refractivity contribution is 6.09. The van der Waals surface area contributed by atoms with Crippen LogP contribution in [0.4, 0.5) is 4.79 Å². The zero-order valence-corrected chi connectivity index (χ0v) is 18.0. The quantitative estimate of drug-likeness (QED) is 0.675. The summed E-state index contributed by atoms with van der Waals surface area (Å²) in [7, 11) is 0. The highest BCUT2D eigenvalue weighted by atomic mass is 35.5. The topological polar surface area (TPSA) is 90.8 Å². The zero-order valence-electron chi connectivity index (χ0n) is 17.2. The van der Waals surface area contributed by atoms with E-state index >= 15 is 0 Å². The average molecular weight is 432 g/mol. The fourth-order valence-corrected chi connectivity index (χ4v) is 3.74. The van der Waals surface area contributed by atoms with Gasteiger partial charge in [-0.15, -0.1) is 12.4 Å². The van der Waals surface area contributed by atoms with Crippen LogP contribution in [0.5, 0.6) is 0 Å². The molecule has 1 aliphatic rings. The first-order valence-electron chi connectivity index (χ1n) is 9.59. The molecule has 0 saturated carbocycles. The van der Waals surface area contributed by atoms with E-state index < -0.39 is 29.5 Å². The van der Waals surface area contributed by atoms with Crippen molar-refractivity contribution >= 4 is 30.3 Å². The van der Waals surface area contributed by atoms with E-state index in [4.69, 9.17) is 0 Å². The van der Waals surface area contributed by atoms with Crippen LogP contribution in [0.25, 0.3) is 0 Å². The monoisotopic (exact) mass is 431 g/mol. The van der Waals surface area contributed by atoms with Gasteiger partial charge in [0.2, 0.25) is 0 Å². The number of hydrogen-bond donors (Lipinski definition) is 1. The summed E-state index contributed by atoms with van der Waals surface area (Å²) < 4.78 is 0. The maximum absolute atomic E-state index is 13.5. The van der Waals surface area contributed by atoms with Crippen LogP contribution >= 0.6 is 12.4 Å². The number of hydrogen-bond acceptors (Lipinski definition) is 4. The van der Waals surface area contributed by atoms with Crippen molar-refractivity contribution in [2.45, 2.75) is 45.3 Å². The molecule has 0 radical (unpaired) electrons. The third-order valence-corrected chi connectivity index (χ3v) is 5.33. The number of benzene rings is 1. The second kappa shape index (κ2) is 9.26. The van der Waals surface area contributed by atoms with Crippen molar-refractivity contribution in [2.75, 3.05) is 0 Å². The minimum Gasteiger partial charge on any atom is -0.480 e. The molecule has 1 aromatic carbocycles. The second-order valence-electron chi connectivity index (χ2n) is 7.82. The molecule has 0 spiro atoms. The Morgan fingerprint density at radius 3 is 2.23 bits per heavy atom. The number of pyridine rings is 1. The van der Waals surface area contributed by atoms with Crippen molar-refractivity contribution < 1.29 is 19.5 Å². The van der Waals surface area contributed by atoms with E-state index in [1.165, 1.54) is 4.90 Å². The molecule has 8 heteroatoms. The summed E-state index contributed by atoms with van der Waals surface area (Å²) in [6.45, 7) is 5.59. The SMILES string of the molecule is CC(C)C[C@H](C(=O)O)N1C(=O)N(Cc2ccccc2)[C@](C)(c2ccncc2)C1=O.Cl. The van der Waals surface area contributed by atoms with Crippen molar-refractivity contribution in [3.05, 3.63) is 66.0 Å². The maximum atomic E-state index is 13.5. The Morgan fingerprint density at radius 2 is 1.70 bits per heavy atom. The molecule has 30 heavy (non-hydrogen) atoms. The van der Waals surface area contributed by atoms with Crippen LogP contribution in [0, 0.1) is 5.92 Å². The highest BCUT2D eigenvalue weighted by Gasteiger charge is 2.58. The third-order valence-electron chi connectivity index (χ3n) is 5.33. The van der Waals surface area contributed by atoms with Crippen LogP contribution in [0.15, 0.2) is 54.9 Å². The molecule has 1 aromatic heterocycles. The highest BCUT2D eigenvalue weighted by Crippen LogP contribution is 2.40. The van der Waals surface area contributed by atoms with Gasteiger partial charge in [0.1, 0.15) is 11.6 Å². The average Bonchev–Trinajstić information content (AvgIpc) is 2.89. The van der Waals surface area contributed by atoms with E-state index in [9.17, 15) is 19.5 Å². The summed E-state index contributed by atoms with van der Waals surface area (Å²) in [5, 5.41) is 9.76. The van der Waals surface area contributed by atoms with Crippen molar-refractivity contribution in [3.63, 3.8) is 0 Å². The van der Waals surface area contributed by atoms with Gasteiger partial charge in [0.05, 0.1) is 0 Å². The first-order chi connectivity index (χ1) is 13.8. The second-order valence-corrected chi connectivity index (χ2v) is 7.82. The zero-order chi connectivity index (χ0) is 21.2. The Morgan fingerprint density at radius 1 is 1.10 bits per heavy atom. The number of carbonyl (C=O) groups excluding carboxylic acids is 2. The number of aromatic nitrogens is 1. The molecule has 1 fully saturated rings. The van der Waals surface area contributed by atoms with Crippen LogP contribution in [0.1, 0.15) is 38.3 Å². The van der Waals surface area contributed by atoms with Gasteiger partial charge >= 0.3 is 12.0 Å². The first-order valence-corrected chi connectivity index (χ1v) is 9.59. The Balaban J connectivity index is 0.00000320. The fourth-order valence-electron chi connectivity index (χ4n) is 3.74. The summed E-state index contributed by atoms with van der Waals surface area (Å²) in [6, 6.07) is 10.9. The van der Waals surface area contributed by atoms with Crippen molar-refractivity contribution in [1.82, 2.24) is 14.8 Å². The van der Waals surface area contributed by atoms with Gasteiger partial charge in [-0.3, -0.25) is 9.78 Å². The molecule has 160 valence electrons. The molecule has 1 aliphatic heterocycles. The van der Waals surface area contributed by atoms with Crippen molar-refractivity contribution in [1.29, 1.82) is 0 Å². The normalized spacial score (nSPS) is 19.7. The number of carbonyl (C=O) groups is 3. The Labute approximate surface area is 182 Å². The molecule has 2 atom stereocenters. The van der Waals surface area contributed by atoms with Gasteiger partial charge in [0.15, 0.2) is 0 Å². The summed E-state index contributed by atoms with van der Waals surface area (Å²) >= 11 is 0. The van der Waals surface area contributed by atoms with Gasteiger partial charge in [0.25, 0.3) is 5.91 Å². The smallest absolute Gasteiger partial charge is 0.329 e. The molecular weight excluding hydrogens is 406 g/mol. The first kappa shape index (κ1) is 23.3. The molecule has 0 aliphatic carbocycles. The predicted molar refractivity (Wildman–Crippen MR) is 114 cm³/mol. The summed E-state index contributed by atoms with van der Waals surface area (Å²) in [4.78, 5) is 45.3. The number of rotatable bonds is 7. The largest absolute Gasteiger partial charge is 0.480 e. The predicted octanol–water partition coefficient (Wildman–Crippen LogP) is 3.68. The van der Waals surface area contributed by atoms with Gasteiger partial charge in [-0.2, -0.15) is 0 Å². The number of amides is 3. The lowest BCUT2D eigenvalue weighted by atomic mass is 9.90. The summed E-state index contributed by atoms with van der Waals surface area (Å²) in [5.41, 5.74) is 0.130. The molecule has 1 saturated heterocycles. The molecule has 2 aromatic rings. The van der Waals surface area contributed by atoms with Gasteiger partial charge in [-0.25, -0.2) is 14.5 Å². The lowest BCUT2D eigenvalue weighted by Crippen LogP contribution is -2.47. The van der Waals surface area contributed by atoms with Crippen molar-refractivity contribution in [3.8, 4) is 0 Å². The third kappa shape index (κ3) is 4.16. The molecule has 7 nitrogen and oxygen atoms in total. The Bertz CT molecular complexity index is 907. The maximum Gasteiger partial charge on any atom is 0.329 e. The molecule has 0 unspecified atom stereocenters. The van der Waals surface area contributed by atoms with Gasteiger partial charge < -0.3 is 10.0 Å². The van der Waals surface area contributed by atoms with E-state index in [1.807, 2.05) is 44.2 Å². The van der Waals surface area contributed by atoms with Gasteiger partial charge in [0, 0.05) is 18.9 Å². The molecular formula is C22H26ClN3O4. The fraction of sp³-hybridized carbons (Fsp3) is 0.364. The molecule has 0 bridgehead atoms. The van der Waals surface area contributed by atoms with Crippen LogP contribution in [-0.2, 0) is 21.7 Å². The van der Waals surface area contributed by atoms with E-state index in [2.05, 4.69) is 4.98 Å². The van der Waals surface area contributed by atoms with Gasteiger partial charge in [-0.05, 0) is 42.5 Å². The molecule has 2 heterocycles. The molecule has 1 N–H and O–H groups in total. The minimum absolute atomic E-state index is 0. The van der Waals surface area contributed by atoms with Crippen LogP contribution in [0.2, 0.25) is 0 Å². The number of carboxylic acids is 1. The Kier molecular flexibility index (Phi) is 7.21. The lowest BCUT2D eigenvalue weighted by molar-refractivity contribution is -0.148. The molecule has 3 amide bonds. The van der Waals surface area contributed by atoms with Crippen molar-refractivity contribution in [2.24, 2.45) is 5.92 Å². The van der Waals surface area contributed by atoms with Crippen LogP contribution < -0.4 is 0 Å². The summed E-state index contributed by atoms with van der Waals surface area (Å²) in [6.07, 6.45) is 3.31. The Hall–Kier alpha value is -2.93. The number of imide groups is 1. The van der Waals surface area contributed by atoms with E-state index in [1.54, 1.807) is 31.5 Å². The number of aliphatic carboxylic acids is 1. The van der Waals surface area contributed by atoms with E-state index in [-0.39, 0.29) is 31.3 Å².